The summed E-state index contributed by atoms with van der Waals surface area (Å²) < 4.78 is 0.875. The van der Waals surface area contributed by atoms with Gasteiger partial charge in [0.05, 0.1) is 0 Å². The van der Waals surface area contributed by atoms with Gasteiger partial charge in [-0.15, -0.1) is 0 Å². The van der Waals surface area contributed by atoms with E-state index in [2.05, 4.69) is 26.2 Å². The zero-order chi connectivity index (χ0) is 13.7. The first-order valence-electron chi connectivity index (χ1n) is 5.52. The van der Waals surface area contributed by atoms with Crippen LogP contribution in [0.15, 0.2) is 16.7 Å². The first kappa shape index (κ1) is 14.6. The number of aryl methyl sites for hydroxylation is 1. The number of amides is 1. The van der Waals surface area contributed by atoms with Gasteiger partial charge in [0.25, 0.3) is 0 Å². The Morgan fingerprint density at radius 3 is 2.72 bits per heavy atom. The molecule has 0 bridgehead atoms. The van der Waals surface area contributed by atoms with Crippen molar-refractivity contribution in [3.8, 4) is 0 Å². The summed E-state index contributed by atoms with van der Waals surface area (Å²) in [5.41, 5.74) is 0.971. The zero-order valence-electron chi connectivity index (χ0n) is 10.2. The summed E-state index contributed by atoms with van der Waals surface area (Å²) in [6.07, 6.45) is 1.77. The molecule has 0 radical (unpaired) electrons. The van der Waals surface area contributed by atoms with E-state index in [1.807, 2.05) is 6.92 Å². The maximum absolute atomic E-state index is 11.6. The van der Waals surface area contributed by atoms with Gasteiger partial charge in [-0.3, -0.25) is 9.59 Å². The molecule has 1 heterocycles. The van der Waals surface area contributed by atoms with Crippen LogP contribution in [0.5, 0.6) is 0 Å². The summed E-state index contributed by atoms with van der Waals surface area (Å²) >= 11 is 3.32. The summed E-state index contributed by atoms with van der Waals surface area (Å²) in [6.45, 7) is 3.63. The van der Waals surface area contributed by atoms with Gasteiger partial charge in [-0.05, 0) is 40.4 Å². The minimum absolute atomic E-state index is 0.0137. The van der Waals surface area contributed by atoms with Gasteiger partial charge in [0.2, 0.25) is 5.91 Å². The summed E-state index contributed by atoms with van der Waals surface area (Å²) in [6, 6.07) is 1.75. The number of carbonyl (C=O) groups is 2. The van der Waals surface area contributed by atoms with E-state index < -0.39 is 5.97 Å². The fourth-order valence-electron chi connectivity index (χ4n) is 1.49. The minimum Gasteiger partial charge on any atom is -0.481 e. The van der Waals surface area contributed by atoms with Gasteiger partial charge >= 0.3 is 5.97 Å². The predicted octanol–water partition coefficient (Wildman–Crippen LogP) is 2.59. The van der Waals surface area contributed by atoms with E-state index in [1.54, 1.807) is 19.2 Å². The third kappa shape index (κ3) is 4.83. The molecule has 1 unspecified atom stereocenters. The van der Waals surface area contributed by atoms with Crippen LogP contribution in [0, 0.1) is 12.8 Å². The Morgan fingerprint density at radius 2 is 2.17 bits per heavy atom. The molecular formula is C12H15BrN2O3. The molecule has 1 aromatic rings. The number of rotatable bonds is 5. The lowest BCUT2D eigenvalue weighted by Crippen LogP contribution is -2.17. The molecule has 5 nitrogen and oxygen atoms in total. The van der Waals surface area contributed by atoms with Gasteiger partial charge < -0.3 is 10.4 Å². The van der Waals surface area contributed by atoms with E-state index in [-0.39, 0.29) is 24.7 Å². The second-order valence-electron chi connectivity index (χ2n) is 4.27. The van der Waals surface area contributed by atoms with Crippen LogP contribution in [-0.4, -0.2) is 22.0 Å². The van der Waals surface area contributed by atoms with Gasteiger partial charge in [-0.25, -0.2) is 4.98 Å². The zero-order valence-corrected chi connectivity index (χ0v) is 11.8. The molecule has 1 amide bonds. The summed E-state index contributed by atoms with van der Waals surface area (Å²) in [5.74, 6) is -0.840. The van der Waals surface area contributed by atoms with Crippen LogP contribution in [0.2, 0.25) is 0 Å². The Morgan fingerprint density at radius 1 is 1.50 bits per heavy atom. The smallest absolute Gasteiger partial charge is 0.303 e. The van der Waals surface area contributed by atoms with Crippen molar-refractivity contribution in [3.05, 3.63) is 22.3 Å². The number of carboxylic acids is 1. The number of nitrogens with one attached hydrogen (secondary N) is 1. The van der Waals surface area contributed by atoms with Crippen LogP contribution in [0.25, 0.3) is 0 Å². The molecular weight excluding hydrogens is 300 g/mol. The van der Waals surface area contributed by atoms with Crippen molar-refractivity contribution in [3.63, 3.8) is 0 Å². The number of aromatic nitrogens is 1. The van der Waals surface area contributed by atoms with Crippen LogP contribution >= 0.6 is 15.9 Å². The average Bonchev–Trinajstić information content (AvgIpc) is 2.21. The largest absolute Gasteiger partial charge is 0.481 e. The van der Waals surface area contributed by atoms with Crippen molar-refractivity contribution in [2.24, 2.45) is 5.92 Å². The van der Waals surface area contributed by atoms with Crippen molar-refractivity contribution in [1.29, 1.82) is 0 Å². The first-order valence-corrected chi connectivity index (χ1v) is 6.31. The number of aliphatic carboxylic acids is 1. The van der Waals surface area contributed by atoms with E-state index in [4.69, 9.17) is 5.11 Å². The summed E-state index contributed by atoms with van der Waals surface area (Å²) in [4.78, 5) is 26.2. The molecule has 0 spiro atoms. The molecule has 2 N–H and O–H groups in total. The second-order valence-corrected chi connectivity index (χ2v) is 5.13. The molecule has 0 saturated heterocycles. The standard InChI is InChI=1S/C12H15BrN2O3/c1-7(4-12(17)18)3-11(16)15-10-5-8(2)9(13)6-14-10/h5-7H,3-4H2,1-2H3,(H,17,18)(H,14,15,16). The van der Waals surface area contributed by atoms with Crippen LogP contribution in [0.1, 0.15) is 25.3 Å². The number of hydrogen-bond donors (Lipinski definition) is 2. The molecule has 1 rings (SSSR count). The molecule has 0 aliphatic rings. The van der Waals surface area contributed by atoms with Crippen molar-refractivity contribution < 1.29 is 14.7 Å². The highest BCUT2D eigenvalue weighted by Gasteiger charge is 2.13. The summed E-state index contributed by atoms with van der Waals surface area (Å²) in [5, 5.41) is 11.3. The first-order chi connectivity index (χ1) is 8.38. The van der Waals surface area contributed by atoms with Crippen molar-refractivity contribution >= 4 is 33.6 Å². The summed E-state index contributed by atoms with van der Waals surface area (Å²) in [7, 11) is 0. The fraction of sp³-hybridized carbons (Fsp3) is 0.417. The normalized spacial score (nSPS) is 11.9. The van der Waals surface area contributed by atoms with E-state index >= 15 is 0 Å². The van der Waals surface area contributed by atoms with Gasteiger partial charge in [-0.1, -0.05) is 6.92 Å². The lowest BCUT2D eigenvalue weighted by molar-refractivity contribution is -0.138. The third-order valence-electron chi connectivity index (χ3n) is 2.37. The number of hydrogen-bond acceptors (Lipinski definition) is 3. The third-order valence-corrected chi connectivity index (χ3v) is 3.20. The van der Waals surface area contributed by atoms with Crippen LogP contribution in [0.4, 0.5) is 5.82 Å². The highest BCUT2D eigenvalue weighted by atomic mass is 79.9. The molecule has 98 valence electrons. The quantitative estimate of drug-likeness (QED) is 0.875. The van der Waals surface area contributed by atoms with Crippen molar-refractivity contribution in [2.75, 3.05) is 5.32 Å². The molecule has 1 aromatic heterocycles. The topological polar surface area (TPSA) is 79.3 Å². The van der Waals surface area contributed by atoms with E-state index in [9.17, 15) is 9.59 Å². The second kappa shape index (κ2) is 6.49. The highest BCUT2D eigenvalue weighted by Crippen LogP contribution is 2.17. The van der Waals surface area contributed by atoms with E-state index in [0.717, 1.165) is 10.0 Å². The molecule has 6 heteroatoms. The Kier molecular flexibility index (Phi) is 5.27. The van der Waals surface area contributed by atoms with Crippen LogP contribution in [0.3, 0.4) is 0 Å². The SMILES string of the molecule is Cc1cc(NC(=O)CC(C)CC(=O)O)ncc1Br. The number of carbonyl (C=O) groups excluding carboxylic acids is 1. The Balaban J connectivity index is 2.54. The Labute approximate surface area is 114 Å². The molecule has 1 atom stereocenters. The van der Waals surface area contributed by atoms with Crippen LogP contribution in [-0.2, 0) is 9.59 Å². The maximum Gasteiger partial charge on any atom is 0.303 e. The number of anilines is 1. The van der Waals surface area contributed by atoms with Gasteiger partial charge in [0.15, 0.2) is 0 Å². The van der Waals surface area contributed by atoms with Gasteiger partial charge in [-0.2, -0.15) is 0 Å². The Hall–Kier alpha value is -1.43. The maximum atomic E-state index is 11.6. The van der Waals surface area contributed by atoms with Gasteiger partial charge in [0, 0.05) is 23.5 Å². The lowest BCUT2D eigenvalue weighted by Gasteiger charge is -2.09. The fourth-order valence-corrected chi connectivity index (χ4v) is 1.71. The Bertz CT molecular complexity index is 463. The highest BCUT2D eigenvalue weighted by molar-refractivity contribution is 9.10. The van der Waals surface area contributed by atoms with E-state index in [1.165, 1.54) is 0 Å². The van der Waals surface area contributed by atoms with E-state index in [0.29, 0.717) is 5.82 Å². The molecule has 0 saturated carbocycles. The molecule has 18 heavy (non-hydrogen) atoms. The number of halogens is 1. The lowest BCUT2D eigenvalue weighted by atomic mass is 10.0. The average molecular weight is 315 g/mol. The number of nitrogens with zero attached hydrogens (tertiary/aromatic N) is 1. The molecule has 0 aliphatic carbocycles. The van der Waals surface area contributed by atoms with Crippen molar-refractivity contribution in [1.82, 2.24) is 4.98 Å². The monoisotopic (exact) mass is 314 g/mol. The number of pyridine rings is 1. The predicted molar refractivity (Wildman–Crippen MR) is 71.3 cm³/mol. The van der Waals surface area contributed by atoms with Crippen LogP contribution < -0.4 is 5.32 Å². The number of carboxylic acid groups (broad SMARTS) is 1. The van der Waals surface area contributed by atoms with Gasteiger partial charge in [0.1, 0.15) is 5.82 Å². The van der Waals surface area contributed by atoms with Crippen molar-refractivity contribution in [2.45, 2.75) is 26.7 Å². The molecule has 0 fully saturated rings. The molecule has 0 aliphatic heterocycles. The molecule has 0 aromatic carbocycles. The minimum atomic E-state index is -0.895.